The van der Waals surface area contributed by atoms with Gasteiger partial charge >= 0.3 is 0 Å². The molecule has 174 valence electrons. The van der Waals surface area contributed by atoms with Crippen molar-refractivity contribution < 1.29 is 5.11 Å². The third kappa shape index (κ3) is 6.52. The fraction of sp³-hybridized carbons (Fsp3) is 0.346. The second-order valence-electron chi connectivity index (χ2n) is 8.01. The van der Waals surface area contributed by atoms with Crippen molar-refractivity contribution in [3.8, 4) is 0 Å². The SMILES string of the molecule is CC[C@H](CO)NC(=N)/N=C(\c1ncn(Cc2ccccc2)c1C)N(CC)Cc1ccccc1. The molecule has 1 aromatic heterocycles. The van der Waals surface area contributed by atoms with Crippen LogP contribution < -0.4 is 5.32 Å². The molecule has 0 bridgehead atoms. The Labute approximate surface area is 196 Å². The van der Waals surface area contributed by atoms with Crippen LogP contribution in [-0.4, -0.2) is 50.5 Å². The highest BCUT2D eigenvalue weighted by Gasteiger charge is 2.20. The van der Waals surface area contributed by atoms with Gasteiger partial charge in [0.15, 0.2) is 5.84 Å². The third-order valence-electron chi connectivity index (χ3n) is 5.68. The Morgan fingerprint density at radius 2 is 1.73 bits per heavy atom. The van der Waals surface area contributed by atoms with Crippen molar-refractivity contribution in [2.45, 2.75) is 46.3 Å². The zero-order valence-corrected chi connectivity index (χ0v) is 19.7. The molecular formula is C26H34N6O. The van der Waals surface area contributed by atoms with Gasteiger partial charge in [0.05, 0.1) is 19.0 Å². The number of benzene rings is 2. The lowest BCUT2D eigenvalue weighted by Gasteiger charge is -2.25. The van der Waals surface area contributed by atoms with Gasteiger partial charge in [-0.15, -0.1) is 0 Å². The normalized spacial score (nSPS) is 12.4. The monoisotopic (exact) mass is 446 g/mol. The first-order valence-corrected chi connectivity index (χ1v) is 11.4. The van der Waals surface area contributed by atoms with Gasteiger partial charge in [-0.25, -0.2) is 4.98 Å². The number of aromatic nitrogens is 2. The summed E-state index contributed by atoms with van der Waals surface area (Å²) >= 11 is 0. The number of imidazole rings is 1. The van der Waals surface area contributed by atoms with Crippen LogP contribution >= 0.6 is 0 Å². The molecule has 3 N–H and O–H groups in total. The molecular weight excluding hydrogens is 412 g/mol. The fourth-order valence-corrected chi connectivity index (χ4v) is 3.62. The molecule has 1 atom stereocenters. The molecule has 1 heterocycles. The minimum Gasteiger partial charge on any atom is -0.394 e. The molecule has 0 amide bonds. The van der Waals surface area contributed by atoms with E-state index in [1.165, 1.54) is 5.56 Å². The fourth-order valence-electron chi connectivity index (χ4n) is 3.62. The molecule has 0 aliphatic carbocycles. The summed E-state index contributed by atoms with van der Waals surface area (Å²) in [5.41, 5.74) is 4.11. The quantitative estimate of drug-likeness (QED) is 0.344. The molecule has 0 fully saturated rings. The Kier molecular flexibility index (Phi) is 8.78. The summed E-state index contributed by atoms with van der Waals surface area (Å²) in [6, 6.07) is 20.3. The highest BCUT2D eigenvalue weighted by Crippen LogP contribution is 2.16. The van der Waals surface area contributed by atoms with Crippen LogP contribution in [0.25, 0.3) is 0 Å². The largest absolute Gasteiger partial charge is 0.394 e. The molecule has 0 spiro atoms. The number of guanidine groups is 1. The number of aliphatic hydroxyl groups is 1. The maximum Gasteiger partial charge on any atom is 0.217 e. The first kappa shape index (κ1) is 24.2. The topological polar surface area (TPSA) is 89.5 Å². The maximum atomic E-state index is 9.53. The van der Waals surface area contributed by atoms with Crippen LogP contribution in [0.4, 0.5) is 0 Å². The summed E-state index contributed by atoms with van der Waals surface area (Å²) in [6.45, 7) is 8.13. The molecule has 7 heteroatoms. The van der Waals surface area contributed by atoms with E-state index < -0.39 is 0 Å². The van der Waals surface area contributed by atoms with Crippen LogP contribution in [0.1, 0.15) is 42.8 Å². The lowest BCUT2D eigenvalue weighted by molar-refractivity contribution is 0.252. The summed E-state index contributed by atoms with van der Waals surface area (Å²) in [5, 5.41) is 21.0. The van der Waals surface area contributed by atoms with Crippen LogP contribution in [0.2, 0.25) is 0 Å². The first-order valence-electron chi connectivity index (χ1n) is 11.4. The smallest absolute Gasteiger partial charge is 0.217 e. The Morgan fingerprint density at radius 3 is 2.30 bits per heavy atom. The number of amidine groups is 1. The highest BCUT2D eigenvalue weighted by atomic mass is 16.3. The van der Waals surface area contributed by atoms with E-state index in [2.05, 4.69) is 51.0 Å². The Hall–Kier alpha value is -3.45. The molecule has 3 rings (SSSR count). The van der Waals surface area contributed by atoms with Gasteiger partial charge in [0.1, 0.15) is 5.69 Å². The number of nitrogens with zero attached hydrogens (tertiary/aromatic N) is 4. The molecule has 0 radical (unpaired) electrons. The van der Waals surface area contributed by atoms with Crippen molar-refractivity contribution in [3.05, 3.63) is 89.5 Å². The first-order chi connectivity index (χ1) is 16.0. The maximum absolute atomic E-state index is 9.53. The molecule has 0 saturated heterocycles. The zero-order chi connectivity index (χ0) is 23.6. The van der Waals surface area contributed by atoms with E-state index >= 15 is 0 Å². The van der Waals surface area contributed by atoms with Gasteiger partial charge in [0, 0.05) is 25.3 Å². The molecule has 0 aliphatic heterocycles. The summed E-state index contributed by atoms with van der Waals surface area (Å²) in [6.07, 6.45) is 2.54. The van der Waals surface area contributed by atoms with E-state index in [0.717, 1.165) is 23.5 Å². The van der Waals surface area contributed by atoms with Crippen molar-refractivity contribution in [2.75, 3.05) is 13.2 Å². The van der Waals surface area contributed by atoms with Gasteiger partial charge in [-0.2, -0.15) is 4.99 Å². The van der Waals surface area contributed by atoms with Gasteiger partial charge in [0.25, 0.3) is 0 Å². The summed E-state index contributed by atoms with van der Waals surface area (Å²) in [5.74, 6) is 0.672. The molecule has 0 saturated carbocycles. The Balaban J connectivity index is 1.95. The molecule has 3 aromatic rings. The van der Waals surface area contributed by atoms with Crippen molar-refractivity contribution >= 4 is 11.8 Å². The van der Waals surface area contributed by atoms with Gasteiger partial charge in [-0.1, -0.05) is 67.6 Å². The van der Waals surface area contributed by atoms with Gasteiger partial charge in [0.2, 0.25) is 5.96 Å². The molecule has 7 nitrogen and oxygen atoms in total. The average molecular weight is 447 g/mol. The van der Waals surface area contributed by atoms with Crippen LogP contribution in [0.15, 0.2) is 72.0 Å². The van der Waals surface area contributed by atoms with E-state index in [4.69, 9.17) is 10.4 Å². The minimum absolute atomic E-state index is 0.0226. The van der Waals surface area contributed by atoms with E-state index in [-0.39, 0.29) is 18.6 Å². The van der Waals surface area contributed by atoms with Crippen molar-refractivity contribution in [3.63, 3.8) is 0 Å². The molecule has 2 aromatic carbocycles. The second-order valence-corrected chi connectivity index (χ2v) is 8.01. The van der Waals surface area contributed by atoms with Crippen molar-refractivity contribution in [1.29, 1.82) is 5.41 Å². The standard InChI is InChI=1S/C26H34N6O/c1-4-23(18-33)29-26(27)30-25(31(5-2)16-21-12-8-6-9-13-21)24-20(3)32(19-28-24)17-22-14-10-7-11-15-22/h6-15,19,23,33H,4-5,16-18H2,1-3H3,(H2,27,29)/b30-25+/t23-/m1/s1. The van der Waals surface area contributed by atoms with Crippen molar-refractivity contribution in [1.82, 2.24) is 19.8 Å². The predicted octanol–water partition coefficient (Wildman–Crippen LogP) is 3.80. The second kappa shape index (κ2) is 12.0. The van der Waals surface area contributed by atoms with Crippen LogP contribution in [-0.2, 0) is 13.1 Å². The molecule has 0 aliphatic rings. The lowest BCUT2D eigenvalue weighted by Crippen LogP contribution is -2.38. The van der Waals surface area contributed by atoms with Gasteiger partial charge < -0.3 is 19.9 Å². The van der Waals surface area contributed by atoms with E-state index in [1.54, 1.807) is 0 Å². The number of rotatable bonds is 9. The average Bonchev–Trinajstić information content (AvgIpc) is 3.20. The van der Waals surface area contributed by atoms with Crippen LogP contribution in [0, 0.1) is 12.3 Å². The third-order valence-corrected chi connectivity index (χ3v) is 5.68. The van der Waals surface area contributed by atoms with Crippen LogP contribution in [0.3, 0.4) is 0 Å². The van der Waals surface area contributed by atoms with Crippen LogP contribution in [0.5, 0.6) is 0 Å². The number of hydrogen-bond donors (Lipinski definition) is 3. The highest BCUT2D eigenvalue weighted by molar-refractivity contribution is 6.04. The number of hydrogen-bond acceptors (Lipinski definition) is 3. The zero-order valence-electron chi connectivity index (χ0n) is 19.7. The predicted molar refractivity (Wildman–Crippen MR) is 134 cm³/mol. The number of nitrogens with one attached hydrogen (secondary N) is 2. The summed E-state index contributed by atoms with van der Waals surface area (Å²) in [4.78, 5) is 11.5. The summed E-state index contributed by atoms with van der Waals surface area (Å²) in [7, 11) is 0. The Morgan fingerprint density at radius 1 is 1.09 bits per heavy atom. The number of aliphatic imine (C=N–C) groups is 1. The van der Waals surface area contributed by atoms with E-state index in [1.807, 2.05) is 56.6 Å². The minimum atomic E-state index is -0.205. The molecule has 0 unspecified atom stereocenters. The lowest BCUT2D eigenvalue weighted by atomic mass is 10.2. The molecule has 33 heavy (non-hydrogen) atoms. The Bertz CT molecular complexity index is 1040. The van der Waals surface area contributed by atoms with E-state index in [9.17, 15) is 5.11 Å². The van der Waals surface area contributed by atoms with Gasteiger partial charge in [-0.3, -0.25) is 5.41 Å². The van der Waals surface area contributed by atoms with Gasteiger partial charge in [-0.05, 0) is 31.4 Å². The van der Waals surface area contributed by atoms with Crippen molar-refractivity contribution in [2.24, 2.45) is 4.99 Å². The number of aliphatic hydroxyl groups excluding tert-OH is 1. The van der Waals surface area contributed by atoms with E-state index in [0.29, 0.717) is 25.3 Å². The summed E-state index contributed by atoms with van der Waals surface area (Å²) < 4.78 is 2.11.